The number of amides is 2. The molecule has 7 heteroatoms. The molecule has 0 spiro atoms. The van der Waals surface area contributed by atoms with E-state index < -0.39 is 0 Å². The van der Waals surface area contributed by atoms with Crippen LogP contribution >= 0.6 is 22.9 Å². The Bertz CT molecular complexity index is 713. The zero-order valence-corrected chi connectivity index (χ0v) is 14.0. The first-order chi connectivity index (χ1) is 10.4. The van der Waals surface area contributed by atoms with Crippen molar-refractivity contribution in [3.63, 3.8) is 0 Å². The Morgan fingerprint density at radius 3 is 2.55 bits per heavy atom. The van der Waals surface area contributed by atoms with Crippen LogP contribution in [0.2, 0.25) is 5.02 Å². The standard InChI is InChI=1S/C15H16ClN3O2S/c1-8(2)15-17-7-13(22-15)14(21)19-12-6-10(16)4-5-11(12)18-9(3)20/h4-8H,1-3H3,(H,18,20)(H,19,21). The summed E-state index contributed by atoms with van der Waals surface area (Å²) in [5, 5.41) is 6.78. The fraction of sp³-hybridized carbons (Fsp3) is 0.267. The number of hydrogen-bond donors (Lipinski definition) is 2. The molecule has 116 valence electrons. The maximum absolute atomic E-state index is 12.3. The molecule has 2 amide bonds. The Kier molecular flexibility index (Phi) is 5.15. The average Bonchev–Trinajstić information content (AvgIpc) is 2.91. The summed E-state index contributed by atoms with van der Waals surface area (Å²) >= 11 is 7.30. The number of anilines is 2. The van der Waals surface area contributed by atoms with Gasteiger partial charge in [0.15, 0.2) is 0 Å². The van der Waals surface area contributed by atoms with E-state index in [1.165, 1.54) is 18.3 Å². The summed E-state index contributed by atoms with van der Waals surface area (Å²) in [7, 11) is 0. The van der Waals surface area contributed by atoms with E-state index in [1.807, 2.05) is 13.8 Å². The van der Waals surface area contributed by atoms with Crippen molar-refractivity contribution in [1.29, 1.82) is 0 Å². The fourth-order valence-electron chi connectivity index (χ4n) is 1.76. The van der Waals surface area contributed by atoms with E-state index in [4.69, 9.17) is 11.6 Å². The van der Waals surface area contributed by atoms with Crippen LogP contribution in [0, 0.1) is 0 Å². The SMILES string of the molecule is CC(=O)Nc1ccc(Cl)cc1NC(=O)c1cnc(C(C)C)s1. The summed E-state index contributed by atoms with van der Waals surface area (Å²) in [6.07, 6.45) is 1.55. The molecule has 5 nitrogen and oxygen atoms in total. The molecule has 0 aliphatic heterocycles. The number of carbonyl (C=O) groups is 2. The highest BCUT2D eigenvalue weighted by atomic mass is 35.5. The molecule has 2 rings (SSSR count). The second-order valence-corrected chi connectivity index (χ2v) is 6.54. The Balaban J connectivity index is 2.23. The van der Waals surface area contributed by atoms with Crippen LogP contribution in [0.5, 0.6) is 0 Å². The number of thiazole rings is 1. The summed E-state index contributed by atoms with van der Waals surface area (Å²) in [5.41, 5.74) is 0.950. The van der Waals surface area contributed by atoms with Gasteiger partial charge < -0.3 is 10.6 Å². The second-order valence-electron chi connectivity index (χ2n) is 5.04. The van der Waals surface area contributed by atoms with Crippen LogP contribution in [0.15, 0.2) is 24.4 Å². The molecule has 2 N–H and O–H groups in total. The maximum Gasteiger partial charge on any atom is 0.267 e. The molecule has 0 radical (unpaired) electrons. The predicted octanol–water partition coefficient (Wildman–Crippen LogP) is 4.13. The number of carbonyl (C=O) groups excluding carboxylic acids is 2. The monoisotopic (exact) mass is 337 g/mol. The molecule has 1 heterocycles. The second kappa shape index (κ2) is 6.89. The van der Waals surface area contributed by atoms with Gasteiger partial charge in [-0.15, -0.1) is 11.3 Å². The molecule has 1 aromatic carbocycles. The molecule has 0 aliphatic carbocycles. The highest BCUT2D eigenvalue weighted by Crippen LogP contribution is 2.27. The minimum absolute atomic E-state index is 0.224. The van der Waals surface area contributed by atoms with Crippen molar-refractivity contribution in [3.05, 3.63) is 39.3 Å². The largest absolute Gasteiger partial charge is 0.325 e. The number of nitrogens with one attached hydrogen (secondary N) is 2. The Labute approximate surface area is 137 Å². The summed E-state index contributed by atoms with van der Waals surface area (Å²) < 4.78 is 0. The van der Waals surface area contributed by atoms with E-state index in [-0.39, 0.29) is 17.7 Å². The normalized spacial score (nSPS) is 10.6. The summed E-state index contributed by atoms with van der Waals surface area (Å²) in [6.45, 7) is 5.44. The molecular weight excluding hydrogens is 322 g/mol. The lowest BCUT2D eigenvalue weighted by molar-refractivity contribution is -0.114. The van der Waals surface area contributed by atoms with Crippen molar-refractivity contribution in [3.8, 4) is 0 Å². The van der Waals surface area contributed by atoms with Gasteiger partial charge in [-0.05, 0) is 18.2 Å². The predicted molar refractivity (Wildman–Crippen MR) is 89.9 cm³/mol. The molecular formula is C15H16ClN3O2S. The maximum atomic E-state index is 12.3. The third-order valence-electron chi connectivity index (χ3n) is 2.78. The molecule has 0 saturated carbocycles. The van der Waals surface area contributed by atoms with Gasteiger partial charge in [0.1, 0.15) is 4.88 Å². The Morgan fingerprint density at radius 1 is 1.23 bits per heavy atom. The van der Waals surface area contributed by atoms with Gasteiger partial charge in [0, 0.05) is 17.9 Å². The molecule has 0 bridgehead atoms. The highest BCUT2D eigenvalue weighted by Gasteiger charge is 2.15. The van der Waals surface area contributed by atoms with Crippen molar-refractivity contribution in [2.45, 2.75) is 26.7 Å². The van der Waals surface area contributed by atoms with Gasteiger partial charge in [0.25, 0.3) is 5.91 Å². The lowest BCUT2D eigenvalue weighted by Gasteiger charge is -2.11. The molecule has 0 atom stereocenters. The summed E-state index contributed by atoms with van der Waals surface area (Å²) in [4.78, 5) is 28.3. The van der Waals surface area contributed by atoms with E-state index in [2.05, 4.69) is 15.6 Å². The van der Waals surface area contributed by atoms with Gasteiger partial charge in [-0.3, -0.25) is 9.59 Å². The lowest BCUT2D eigenvalue weighted by Crippen LogP contribution is -2.14. The zero-order chi connectivity index (χ0) is 16.3. The van der Waals surface area contributed by atoms with E-state index in [1.54, 1.807) is 24.4 Å². The van der Waals surface area contributed by atoms with Crippen molar-refractivity contribution in [2.75, 3.05) is 10.6 Å². The minimum atomic E-state index is -0.279. The van der Waals surface area contributed by atoms with Gasteiger partial charge in [0.05, 0.1) is 22.6 Å². The smallest absolute Gasteiger partial charge is 0.267 e. The van der Waals surface area contributed by atoms with Crippen molar-refractivity contribution >= 4 is 46.1 Å². The lowest BCUT2D eigenvalue weighted by atomic mass is 10.2. The van der Waals surface area contributed by atoms with Gasteiger partial charge in [-0.1, -0.05) is 25.4 Å². The Hall–Kier alpha value is -1.92. The van der Waals surface area contributed by atoms with E-state index in [0.717, 1.165) is 5.01 Å². The van der Waals surface area contributed by atoms with Gasteiger partial charge in [0.2, 0.25) is 5.91 Å². The topological polar surface area (TPSA) is 71.1 Å². The van der Waals surface area contributed by atoms with Crippen LogP contribution < -0.4 is 10.6 Å². The van der Waals surface area contributed by atoms with Crippen molar-refractivity contribution in [1.82, 2.24) is 4.98 Å². The zero-order valence-electron chi connectivity index (χ0n) is 12.4. The molecule has 0 fully saturated rings. The van der Waals surface area contributed by atoms with E-state index in [9.17, 15) is 9.59 Å². The Morgan fingerprint density at radius 2 is 1.95 bits per heavy atom. The van der Waals surface area contributed by atoms with Crippen LogP contribution in [-0.4, -0.2) is 16.8 Å². The number of hydrogen-bond acceptors (Lipinski definition) is 4. The van der Waals surface area contributed by atoms with Gasteiger partial charge in [-0.25, -0.2) is 4.98 Å². The number of aromatic nitrogens is 1. The van der Waals surface area contributed by atoms with Crippen molar-refractivity contribution in [2.24, 2.45) is 0 Å². The fourth-order valence-corrected chi connectivity index (χ4v) is 2.75. The van der Waals surface area contributed by atoms with Crippen LogP contribution in [0.25, 0.3) is 0 Å². The van der Waals surface area contributed by atoms with Gasteiger partial charge >= 0.3 is 0 Å². The quantitative estimate of drug-likeness (QED) is 0.881. The van der Waals surface area contributed by atoms with Crippen LogP contribution in [0.4, 0.5) is 11.4 Å². The van der Waals surface area contributed by atoms with Crippen LogP contribution in [0.1, 0.15) is 41.4 Å². The first kappa shape index (κ1) is 16.5. The third kappa shape index (κ3) is 4.05. The van der Waals surface area contributed by atoms with Crippen molar-refractivity contribution < 1.29 is 9.59 Å². The number of rotatable bonds is 4. The molecule has 22 heavy (non-hydrogen) atoms. The molecule has 1 aromatic heterocycles. The molecule has 0 aliphatic rings. The number of halogens is 1. The first-order valence-corrected chi connectivity index (χ1v) is 7.90. The van der Waals surface area contributed by atoms with E-state index in [0.29, 0.717) is 21.3 Å². The highest BCUT2D eigenvalue weighted by molar-refractivity contribution is 7.13. The molecule has 2 aromatic rings. The van der Waals surface area contributed by atoms with Crippen LogP contribution in [0.3, 0.4) is 0 Å². The molecule has 0 unspecified atom stereocenters. The van der Waals surface area contributed by atoms with E-state index >= 15 is 0 Å². The summed E-state index contributed by atoms with van der Waals surface area (Å²) in [5.74, 6) is -0.233. The summed E-state index contributed by atoms with van der Waals surface area (Å²) in [6, 6.07) is 4.88. The number of nitrogens with zero attached hydrogens (tertiary/aromatic N) is 1. The average molecular weight is 338 g/mol. The first-order valence-electron chi connectivity index (χ1n) is 6.71. The minimum Gasteiger partial charge on any atom is -0.325 e. The molecule has 0 saturated heterocycles. The van der Waals surface area contributed by atoms with Crippen LogP contribution in [-0.2, 0) is 4.79 Å². The van der Waals surface area contributed by atoms with Gasteiger partial charge in [-0.2, -0.15) is 0 Å². The third-order valence-corrected chi connectivity index (χ3v) is 4.31. The number of benzene rings is 1.